The van der Waals surface area contributed by atoms with Gasteiger partial charge in [-0.1, -0.05) is 19.1 Å². The topological polar surface area (TPSA) is 64.1 Å². The van der Waals surface area contributed by atoms with Crippen molar-refractivity contribution >= 4 is 5.96 Å². The highest BCUT2D eigenvalue weighted by molar-refractivity contribution is 5.79. The second-order valence-corrected chi connectivity index (χ2v) is 5.76. The SMILES string of the molecule is CCNC(=NCCC(C)c1ccc(OC)cc1)NCCOCCOC. The molecule has 25 heavy (non-hydrogen) atoms. The van der Waals surface area contributed by atoms with E-state index in [1.165, 1.54) is 5.56 Å². The number of hydrogen-bond acceptors (Lipinski definition) is 4. The van der Waals surface area contributed by atoms with Crippen molar-refractivity contribution in [2.24, 2.45) is 4.99 Å². The Morgan fingerprint density at radius 2 is 1.84 bits per heavy atom. The van der Waals surface area contributed by atoms with Gasteiger partial charge in [-0.15, -0.1) is 0 Å². The van der Waals surface area contributed by atoms with E-state index in [0.29, 0.717) is 25.7 Å². The smallest absolute Gasteiger partial charge is 0.191 e. The summed E-state index contributed by atoms with van der Waals surface area (Å²) in [5, 5.41) is 6.54. The predicted octanol–water partition coefficient (Wildman–Crippen LogP) is 2.41. The molecule has 142 valence electrons. The molecular weight excluding hydrogens is 318 g/mol. The fourth-order valence-corrected chi connectivity index (χ4v) is 2.30. The molecule has 1 rings (SSSR count). The molecule has 0 amide bonds. The van der Waals surface area contributed by atoms with E-state index in [-0.39, 0.29) is 0 Å². The van der Waals surface area contributed by atoms with Gasteiger partial charge >= 0.3 is 0 Å². The molecule has 1 aromatic carbocycles. The lowest BCUT2D eigenvalue weighted by Gasteiger charge is -2.13. The molecule has 0 aromatic heterocycles. The molecule has 0 aliphatic heterocycles. The van der Waals surface area contributed by atoms with Crippen molar-refractivity contribution in [2.75, 3.05) is 53.7 Å². The van der Waals surface area contributed by atoms with Crippen molar-refractivity contribution in [1.29, 1.82) is 0 Å². The normalized spacial score (nSPS) is 12.7. The van der Waals surface area contributed by atoms with E-state index in [9.17, 15) is 0 Å². The van der Waals surface area contributed by atoms with E-state index >= 15 is 0 Å². The first-order chi connectivity index (χ1) is 12.2. The molecule has 0 bridgehead atoms. The van der Waals surface area contributed by atoms with E-state index in [4.69, 9.17) is 14.2 Å². The first kappa shape index (κ1) is 21.3. The summed E-state index contributed by atoms with van der Waals surface area (Å²) in [4.78, 5) is 4.64. The van der Waals surface area contributed by atoms with Gasteiger partial charge in [-0.3, -0.25) is 4.99 Å². The highest BCUT2D eigenvalue weighted by Gasteiger charge is 2.05. The van der Waals surface area contributed by atoms with Gasteiger partial charge in [0.25, 0.3) is 0 Å². The van der Waals surface area contributed by atoms with Crippen LogP contribution in [0.5, 0.6) is 5.75 Å². The van der Waals surface area contributed by atoms with Crippen LogP contribution in [0, 0.1) is 0 Å². The molecule has 0 spiro atoms. The molecule has 0 aliphatic rings. The van der Waals surface area contributed by atoms with Crippen molar-refractivity contribution in [3.63, 3.8) is 0 Å². The first-order valence-corrected chi connectivity index (χ1v) is 8.94. The van der Waals surface area contributed by atoms with E-state index in [1.807, 2.05) is 12.1 Å². The van der Waals surface area contributed by atoms with Crippen LogP contribution in [0.15, 0.2) is 29.3 Å². The Labute approximate surface area is 152 Å². The molecule has 0 aliphatic carbocycles. The number of rotatable bonds is 12. The Morgan fingerprint density at radius 1 is 1.08 bits per heavy atom. The first-order valence-electron chi connectivity index (χ1n) is 8.94. The zero-order chi connectivity index (χ0) is 18.3. The van der Waals surface area contributed by atoms with Crippen LogP contribution in [-0.2, 0) is 9.47 Å². The van der Waals surface area contributed by atoms with Crippen LogP contribution in [-0.4, -0.2) is 59.6 Å². The lowest BCUT2D eigenvalue weighted by atomic mass is 9.98. The highest BCUT2D eigenvalue weighted by Crippen LogP contribution is 2.21. The van der Waals surface area contributed by atoms with Crippen LogP contribution >= 0.6 is 0 Å². The molecule has 2 N–H and O–H groups in total. The Kier molecular flexibility index (Phi) is 11.5. The molecule has 0 saturated heterocycles. The van der Waals surface area contributed by atoms with Crippen LogP contribution in [0.25, 0.3) is 0 Å². The minimum atomic E-state index is 0.454. The van der Waals surface area contributed by atoms with Gasteiger partial charge in [0.05, 0.1) is 26.9 Å². The number of benzene rings is 1. The van der Waals surface area contributed by atoms with Crippen molar-refractivity contribution in [1.82, 2.24) is 10.6 Å². The summed E-state index contributed by atoms with van der Waals surface area (Å²) in [5.74, 6) is 2.18. The molecule has 0 radical (unpaired) electrons. The molecule has 6 heteroatoms. The number of nitrogens with one attached hydrogen (secondary N) is 2. The van der Waals surface area contributed by atoms with Gasteiger partial charge in [0.1, 0.15) is 5.75 Å². The third kappa shape index (κ3) is 9.31. The van der Waals surface area contributed by atoms with Gasteiger partial charge in [0, 0.05) is 26.7 Å². The lowest BCUT2D eigenvalue weighted by molar-refractivity contribution is 0.0733. The molecule has 0 heterocycles. The molecule has 1 unspecified atom stereocenters. The van der Waals surface area contributed by atoms with E-state index in [2.05, 4.69) is 41.6 Å². The maximum absolute atomic E-state index is 5.44. The van der Waals surface area contributed by atoms with E-state index in [0.717, 1.165) is 37.8 Å². The average molecular weight is 351 g/mol. The molecule has 6 nitrogen and oxygen atoms in total. The second-order valence-electron chi connectivity index (χ2n) is 5.76. The maximum Gasteiger partial charge on any atom is 0.191 e. The standard InChI is InChI=1S/C19H33N3O3/c1-5-20-19(22-12-13-25-15-14-23-3)21-11-10-16(2)17-6-8-18(24-4)9-7-17/h6-9,16H,5,10-15H2,1-4H3,(H2,20,21,22). The van der Waals surface area contributed by atoms with Crippen molar-refractivity contribution in [2.45, 2.75) is 26.2 Å². The van der Waals surface area contributed by atoms with Crippen molar-refractivity contribution in [3.05, 3.63) is 29.8 Å². The molecule has 0 fully saturated rings. The number of methoxy groups -OCH3 is 2. The van der Waals surface area contributed by atoms with Crippen LogP contribution in [0.3, 0.4) is 0 Å². The van der Waals surface area contributed by atoms with Gasteiger partial charge in [0.2, 0.25) is 0 Å². The molecule has 1 aromatic rings. The summed E-state index contributed by atoms with van der Waals surface area (Å²) >= 11 is 0. The molecule has 1 atom stereocenters. The lowest BCUT2D eigenvalue weighted by Crippen LogP contribution is -2.39. The van der Waals surface area contributed by atoms with Crippen LogP contribution < -0.4 is 15.4 Å². The minimum Gasteiger partial charge on any atom is -0.497 e. The fraction of sp³-hybridized carbons (Fsp3) is 0.632. The summed E-state index contributed by atoms with van der Waals surface area (Å²) in [5.41, 5.74) is 1.31. The number of guanidine groups is 1. The Bertz CT molecular complexity index is 477. The van der Waals surface area contributed by atoms with Gasteiger partial charge < -0.3 is 24.8 Å². The van der Waals surface area contributed by atoms with Crippen molar-refractivity contribution < 1.29 is 14.2 Å². The number of nitrogens with zero attached hydrogens (tertiary/aromatic N) is 1. The molecule has 0 saturated carbocycles. The second kappa shape index (κ2) is 13.5. The summed E-state index contributed by atoms with van der Waals surface area (Å²) in [6, 6.07) is 8.25. The summed E-state index contributed by atoms with van der Waals surface area (Å²) in [6.45, 7) is 8.49. The number of hydrogen-bond donors (Lipinski definition) is 2. The largest absolute Gasteiger partial charge is 0.497 e. The van der Waals surface area contributed by atoms with Crippen LogP contribution in [0.4, 0.5) is 0 Å². The van der Waals surface area contributed by atoms with Crippen molar-refractivity contribution in [3.8, 4) is 5.75 Å². The van der Waals surface area contributed by atoms with Gasteiger partial charge in [-0.2, -0.15) is 0 Å². The van der Waals surface area contributed by atoms with E-state index < -0.39 is 0 Å². The van der Waals surface area contributed by atoms with Crippen LogP contribution in [0.2, 0.25) is 0 Å². The maximum atomic E-state index is 5.44. The zero-order valence-corrected chi connectivity index (χ0v) is 16.0. The Hall–Kier alpha value is -1.79. The zero-order valence-electron chi connectivity index (χ0n) is 16.0. The van der Waals surface area contributed by atoms with E-state index in [1.54, 1.807) is 14.2 Å². The monoisotopic (exact) mass is 351 g/mol. The minimum absolute atomic E-state index is 0.454. The summed E-state index contributed by atoms with van der Waals surface area (Å²) < 4.78 is 15.6. The van der Waals surface area contributed by atoms with Gasteiger partial charge in [0.15, 0.2) is 5.96 Å². The van der Waals surface area contributed by atoms with Crippen LogP contribution in [0.1, 0.15) is 31.7 Å². The quantitative estimate of drug-likeness (QED) is 0.344. The number of ether oxygens (including phenoxy) is 3. The Balaban J connectivity index is 2.34. The number of aliphatic imine (C=N–C) groups is 1. The molecular formula is C19H33N3O3. The third-order valence-corrected chi connectivity index (χ3v) is 3.83. The average Bonchev–Trinajstić information content (AvgIpc) is 2.64. The predicted molar refractivity (Wildman–Crippen MR) is 103 cm³/mol. The highest BCUT2D eigenvalue weighted by atomic mass is 16.5. The fourth-order valence-electron chi connectivity index (χ4n) is 2.30. The summed E-state index contributed by atoms with van der Waals surface area (Å²) in [7, 11) is 3.36. The van der Waals surface area contributed by atoms with Gasteiger partial charge in [-0.05, 0) is 37.0 Å². The van der Waals surface area contributed by atoms with Gasteiger partial charge in [-0.25, -0.2) is 0 Å². The third-order valence-electron chi connectivity index (χ3n) is 3.83. The summed E-state index contributed by atoms with van der Waals surface area (Å²) in [6.07, 6.45) is 0.993. The Morgan fingerprint density at radius 3 is 2.48 bits per heavy atom.